The predicted molar refractivity (Wildman–Crippen MR) is 74.9 cm³/mol. The molecule has 1 saturated heterocycles. The number of carbonyl (C=O) groups is 2. The molecule has 0 radical (unpaired) electrons. The van der Waals surface area contributed by atoms with E-state index < -0.39 is 17.8 Å². The first-order chi connectivity index (χ1) is 11.3. The summed E-state index contributed by atoms with van der Waals surface area (Å²) in [6.07, 6.45) is -3.03. The molecule has 126 valence electrons. The zero-order valence-corrected chi connectivity index (χ0v) is 12.2. The Morgan fingerprint density at radius 2 is 1.96 bits per heavy atom. The molecular weight excluding hydrogens is 327 g/mol. The van der Waals surface area contributed by atoms with Gasteiger partial charge in [-0.05, 0) is 12.1 Å². The van der Waals surface area contributed by atoms with E-state index in [2.05, 4.69) is 15.6 Å². The Morgan fingerprint density at radius 1 is 1.21 bits per heavy atom. The van der Waals surface area contributed by atoms with Crippen LogP contribution in [0.5, 0.6) is 0 Å². The Bertz CT molecular complexity index is 787. The lowest BCUT2D eigenvalue weighted by atomic mass is 10.1. The van der Waals surface area contributed by atoms with Crippen molar-refractivity contribution in [1.29, 1.82) is 0 Å². The van der Waals surface area contributed by atoms with E-state index in [-0.39, 0.29) is 31.1 Å². The Morgan fingerprint density at radius 3 is 2.67 bits per heavy atom. The van der Waals surface area contributed by atoms with Crippen LogP contribution >= 0.6 is 0 Å². The maximum absolute atomic E-state index is 13.0. The van der Waals surface area contributed by atoms with E-state index in [1.807, 2.05) is 0 Å². The number of rotatable bonds is 3. The van der Waals surface area contributed by atoms with Gasteiger partial charge in [-0.15, -0.1) is 5.10 Å². The first-order valence-corrected chi connectivity index (χ1v) is 7.01. The first-order valence-electron chi connectivity index (χ1n) is 7.01. The van der Waals surface area contributed by atoms with Gasteiger partial charge in [-0.1, -0.05) is 17.3 Å². The van der Waals surface area contributed by atoms with E-state index in [1.54, 1.807) is 0 Å². The first kappa shape index (κ1) is 16.0. The van der Waals surface area contributed by atoms with Crippen molar-refractivity contribution in [3.8, 4) is 5.69 Å². The van der Waals surface area contributed by atoms with Crippen LogP contribution in [-0.2, 0) is 17.5 Å². The van der Waals surface area contributed by atoms with Gasteiger partial charge in [0.25, 0.3) is 0 Å². The predicted octanol–water partition coefficient (Wildman–Crippen LogP) is 1.73. The van der Waals surface area contributed by atoms with Gasteiger partial charge in [0.05, 0.1) is 24.0 Å². The number of nitrogens with zero attached hydrogens (tertiary/aromatic N) is 4. The molecule has 1 aromatic heterocycles. The van der Waals surface area contributed by atoms with Gasteiger partial charge in [0, 0.05) is 13.0 Å². The number of carbonyl (C=O) groups excluding carboxylic acids is 2. The quantitative estimate of drug-likeness (QED) is 0.923. The molecule has 1 N–H and O–H groups in total. The van der Waals surface area contributed by atoms with Crippen LogP contribution in [0.2, 0.25) is 0 Å². The SMILES string of the molecule is O=C1CCN(Cc2cn(-c3ccccc3C(F)(F)F)nn2)C(=O)N1. The second kappa shape index (κ2) is 5.95. The average Bonchev–Trinajstić information content (AvgIpc) is 2.98. The smallest absolute Gasteiger partial charge is 0.318 e. The second-order valence-electron chi connectivity index (χ2n) is 5.19. The Balaban J connectivity index is 1.82. The average molecular weight is 339 g/mol. The molecule has 24 heavy (non-hydrogen) atoms. The van der Waals surface area contributed by atoms with E-state index in [1.165, 1.54) is 29.3 Å². The van der Waals surface area contributed by atoms with Crippen LogP contribution in [0.4, 0.5) is 18.0 Å². The number of para-hydroxylation sites is 1. The van der Waals surface area contributed by atoms with Crippen LogP contribution in [0.1, 0.15) is 17.7 Å². The fourth-order valence-corrected chi connectivity index (χ4v) is 2.35. The van der Waals surface area contributed by atoms with E-state index in [9.17, 15) is 22.8 Å². The number of halogens is 3. The lowest BCUT2D eigenvalue weighted by molar-refractivity contribution is -0.137. The number of amides is 3. The molecule has 7 nitrogen and oxygen atoms in total. The number of alkyl halides is 3. The highest BCUT2D eigenvalue weighted by molar-refractivity contribution is 5.96. The molecule has 3 rings (SSSR count). The highest BCUT2D eigenvalue weighted by atomic mass is 19.4. The third-order valence-corrected chi connectivity index (χ3v) is 3.49. The van der Waals surface area contributed by atoms with Crippen molar-refractivity contribution in [2.24, 2.45) is 0 Å². The lowest BCUT2D eigenvalue weighted by Gasteiger charge is -2.25. The van der Waals surface area contributed by atoms with Crippen molar-refractivity contribution in [3.05, 3.63) is 41.7 Å². The number of hydrogen-bond acceptors (Lipinski definition) is 4. The molecule has 2 aromatic rings. The summed E-state index contributed by atoms with van der Waals surface area (Å²) in [5, 5.41) is 9.67. The van der Waals surface area contributed by atoms with E-state index in [4.69, 9.17) is 0 Å². The molecule has 10 heteroatoms. The maximum Gasteiger partial charge on any atom is 0.418 e. The lowest BCUT2D eigenvalue weighted by Crippen LogP contribution is -2.48. The normalized spacial score (nSPS) is 15.5. The molecule has 0 saturated carbocycles. The molecule has 0 aliphatic carbocycles. The van der Waals surface area contributed by atoms with Crippen LogP contribution in [0.15, 0.2) is 30.5 Å². The minimum Gasteiger partial charge on any atom is -0.318 e. The summed E-state index contributed by atoms with van der Waals surface area (Å²) < 4.78 is 40.2. The highest BCUT2D eigenvalue weighted by Gasteiger charge is 2.34. The fraction of sp³-hybridized carbons (Fsp3) is 0.286. The highest BCUT2D eigenvalue weighted by Crippen LogP contribution is 2.33. The standard InChI is InChI=1S/C14H12F3N5O2/c15-14(16,17)10-3-1-2-4-11(10)22-8-9(19-20-22)7-21-6-5-12(23)18-13(21)24/h1-4,8H,5-7H2,(H,18,23,24). The summed E-state index contributed by atoms with van der Waals surface area (Å²) in [6, 6.07) is 4.44. The number of benzene rings is 1. The van der Waals surface area contributed by atoms with Gasteiger partial charge >= 0.3 is 12.2 Å². The topological polar surface area (TPSA) is 80.1 Å². The Hall–Kier alpha value is -2.91. The third-order valence-electron chi connectivity index (χ3n) is 3.49. The van der Waals surface area contributed by atoms with Crippen LogP contribution in [0.25, 0.3) is 5.69 Å². The molecule has 1 aliphatic rings. The van der Waals surface area contributed by atoms with Crippen molar-refractivity contribution in [3.63, 3.8) is 0 Å². The zero-order chi connectivity index (χ0) is 17.3. The molecule has 0 bridgehead atoms. The summed E-state index contributed by atoms with van der Waals surface area (Å²) >= 11 is 0. The number of hydrogen-bond donors (Lipinski definition) is 1. The van der Waals surface area contributed by atoms with Gasteiger partial charge in [0.2, 0.25) is 5.91 Å². The van der Waals surface area contributed by atoms with Gasteiger partial charge in [-0.25, -0.2) is 9.48 Å². The van der Waals surface area contributed by atoms with Crippen molar-refractivity contribution < 1.29 is 22.8 Å². The summed E-state index contributed by atoms with van der Waals surface area (Å²) in [5.41, 5.74) is -0.665. The molecule has 1 fully saturated rings. The maximum atomic E-state index is 13.0. The van der Waals surface area contributed by atoms with Crippen molar-refractivity contribution in [2.45, 2.75) is 19.1 Å². The zero-order valence-electron chi connectivity index (χ0n) is 12.2. The van der Waals surface area contributed by atoms with E-state index in [0.717, 1.165) is 10.7 Å². The molecule has 1 aliphatic heterocycles. The molecule has 0 spiro atoms. The van der Waals surface area contributed by atoms with Gasteiger partial charge in [-0.2, -0.15) is 13.2 Å². The Kier molecular flexibility index (Phi) is 3.96. The molecule has 2 heterocycles. The van der Waals surface area contributed by atoms with Gasteiger partial charge < -0.3 is 4.90 Å². The number of aromatic nitrogens is 3. The molecule has 3 amide bonds. The summed E-state index contributed by atoms with van der Waals surface area (Å²) in [6.45, 7) is 0.268. The van der Waals surface area contributed by atoms with Gasteiger partial charge in [0.1, 0.15) is 5.69 Å². The van der Waals surface area contributed by atoms with Crippen molar-refractivity contribution in [1.82, 2.24) is 25.2 Å². The van der Waals surface area contributed by atoms with Crippen LogP contribution in [-0.4, -0.2) is 38.4 Å². The third kappa shape index (κ3) is 3.21. The molecule has 1 aromatic carbocycles. The molecule has 0 unspecified atom stereocenters. The fourth-order valence-electron chi connectivity index (χ4n) is 2.35. The summed E-state index contributed by atoms with van der Waals surface area (Å²) in [7, 11) is 0. The van der Waals surface area contributed by atoms with E-state index >= 15 is 0 Å². The number of imide groups is 1. The minimum atomic E-state index is -4.52. The second-order valence-corrected chi connectivity index (χ2v) is 5.19. The van der Waals surface area contributed by atoms with Gasteiger partial charge in [-0.3, -0.25) is 10.1 Å². The van der Waals surface area contributed by atoms with Crippen LogP contribution in [0, 0.1) is 0 Å². The monoisotopic (exact) mass is 339 g/mol. The van der Waals surface area contributed by atoms with E-state index in [0.29, 0.717) is 5.69 Å². The number of nitrogens with one attached hydrogen (secondary N) is 1. The van der Waals surface area contributed by atoms with Crippen LogP contribution in [0.3, 0.4) is 0 Å². The largest absolute Gasteiger partial charge is 0.418 e. The molecule has 0 atom stereocenters. The van der Waals surface area contributed by atoms with Crippen molar-refractivity contribution >= 4 is 11.9 Å². The van der Waals surface area contributed by atoms with Crippen LogP contribution < -0.4 is 5.32 Å². The molecular formula is C14H12F3N5O2. The van der Waals surface area contributed by atoms with Crippen molar-refractivity contribution in [2.75, 3.05) is 6.54 Å². The minimum absolute atomic E-state index is 0.0489. The summed E-state index contributed by atoms with van der Waals surface area (Å²) in [4.78, 5) is 24.1. The number of urea groups is 1. The summed E-state index contributed by atoms with van der Waals surface area (Å²) in [5.74, 6) is -0.362. The van der Waals surface area contributed by atoms with Gasteiger partial charge in [0.15, 0.2) is 0 Å². The Labute approximate surface area is 134 Å².